The minimum absolute atomic E-state index is 0.0498. The monoisotopic (exact) mass is 520 g/mol. The SMILES string of the molecule is Cn1nccc1CNc1nc(-c2cccc(CC(N)=O)c2)cn2c(-c3ccc(C(=O)NC4CC4)cc3)cnc12. The summed E-state index contributed by atoms with van der Waals surface area (Å²) in [6.07, 6.45) is 7.74. The van der Waals surface area contributed by atoms with Crippen LogP contribution in [0, 0.1) is 0 Å². The standard InChI is InChI=1S/C29H28N8O2/c1-36-23(11-12-33-36)15-31-27-28-32-16-25(19-5-7-20(8-6-19)29(39)34-22-9-10-22)37(28)17-24(35-27)21-4-2-3-18(13-21)14-26(30)38/h2-8,11-13,16-17,22H,9-10,14-15H2,1H3,(H2,30,38)(H,31,35)(H,34,39). The Morgan fingerprint density at radius 2 is 1.90 bits per heavy atom. The smallest absolute Gasteiger partial charge is 0.251 e. The lowest BCUT2D eigenvalue weighted by atomic mass is 10.1. The van der Waals surface area contributed by atoms with E-state index in [0.717, 1.165) is 40.9 Å². The molecule has 0 saturated heterocycles. The summed E-state index contributed by atoms with van der Waals surface area (Å²) in [5.41, 5.74) is 11.9. The van der Waals surface area contributed by atoms with Gasteiger partial charge in [-0.2, -0.15) is 5.10 Å². The van der Waals surface area contributed by atoms with Crippen LogP contribution in [-0.4, -0.2) is 42.0 Å². The van der Waals surface area contributed by atoms with Crippen molar-refractivity contribution in [3.63, 3.8) is 0 Å². The molecule has 2 amide bonds. The Labute approximate surface area is 224 Å². The summed E-state index contributed by atoms with van der Waals surface area (Å²) in [6, 6.07) is 17.4. The van der Waals surface area contributed by atoms with E-state index in [1.165, 1.54) is 0 Å². The molecular weight excluding hydrogens is 492 g/mol. The summed E-state index contributed by atoms with van der Waals surface area (Å²) in [4.78, 5) is 33.6. The van der Waals surface area contributed by atoms with Gasteiger partial charge in [0.05, 0.1) is 36.2 Å². The van der Waals surface area contributed by atoms with Crippen molar-refractivity contribution in [1.29, 1.82) is 0 Å². The molecule has 0 aliphatic heterocycles. The number of carbonyl (C=O) groups excluding carboxylic acids is 2. The summed E-state index contributed by atoms with van der Waals surface area (Å²) >= 11 is 0. The van der Waals surface area contributed by atoms with Crippen LogP contribution in [0.1, 0.15) is 34.5 Å². The third kappa shape index (κ3) is 5.22. The number of aromatic nitrogens is 5. The number of fused-ring (bicyclic) bond motifs is 1. The molecule has 39 heavy (non-hydrogen) atoms. The van der Waals surface area contributed by atoms with E-state index < -0.39 is 0 Å². The largest absolute Gasteiger partial charge is 0.369 e. The zero-order chi connectivity index (χ0) is 26.9. The number of benzene rings is 2. The van der Waals surface area contributed by atoms with Crippen molar-refractivity contribution < 1.29 is 9.59 Å². The van der Waals surface area contributed by atoms with Gasteiger partial charge in [-0.15, -0.1) is 0 Å². The fraction of sp³-hybridized carbons (Fsp3) is 0.207. The highest BCUT2D eigenvalue weighted by Gasteiger charge is 2.24. The second kappa shape index (κ2) is 10.1. The average Bonchev–Trinajstić information content (AvgIpc) is 3.48. The number of hydrogen-bond donors (Lipinski definition) is 3. The first kappa shape index (κ1) is 24.4. The van der Waals surface area contributed by atoms with Gasteiger partial charge in [0.1, 0.15) is 0 Å². The van der Waals surface area contributed by atoms with Crippen LogP contribution in [0.25, 0.3) is 28.2 Å². The van der Waals surface area contributed by atoms with Gasteiger partial charge in [0, 0.05) is 42.2 Å². The number of primary amides is 1. The van der Waals surface area contributed by atoms with Crippen molar-refractivity contribution >= 4 is 23.3 Å². The molecule has 3 aromatic heterocycles. The molecule has 196 valence electrons. The quantitative estimate of drug-likeness (QED) is 0.273. The topological polar surface area (TPSA) is 132 Å². The Balaban J connectivity index is 1.40. The number of rotatable bonds is 9. The van der Waals surface area contributed by atoms with Crippen molar-refractivity contribution in [2.24, 2.45) is 12.8 Å². The lowest BCUT2D eigenvalue weighted by molar-refractivity contribution is -0.117. The average molecular weight is 521 g/mol. The molecule has 5 aromatic rings. The number of amides is 2. The normalized spacial score (nSPS) is 12.9. The first-order valence-corrected chi connectivity index (χ1v) is 12.8. The number of nitrogens with zero attached hydrogens (tertiary/aromatic N) is 5. The van der Waals surface area contributed by atoms with Crippen molar-refractivity contribution in [3.05, 3.63) is 90.0 Å². The van der Waals surface area contributed by atoms with Crippen LogP contribution >= 0.6 is 0 Å². The first-order valence-electron chi connectivity index (χ1n) is 12.8. The van der Waals surface area contributed by atoms with Gasteiger partial charge in [-0.25, -0.2) is 9.97 Å². The number of hydrogen-bond acceptors (Lipinski definition) is 6. The molecule has 0 spiro atoms. The van der Waals surface area contributed by atoms with Crippen molar-refractivity contribution in [2.45, 2.75) is 31.8 Å². The van der Waals surface area contributed by atoms with Gasteiger partial charge in [0.25, 0.3) is 5.91 Å². The molecule has 0 atom stereocenters. The minimum Gasteiger partial charge on any atom is -0.369 e. The fourth-order valence-corrected chi connectivity index (χ4v) is 4.54. The van der Waals surface area contributed by atoms with E-state index in [1.807, 2.05) is 72.2 Å². The number of nitrogens with two attached hydrogens (primary N) is 1. The van der Waals surface area contributed by atoms with E-state index in [1.54, 1.807) is 17.1 Å². The van der Waals surface area contributed by atoms with Gasteiger partial charge in [-0.1, -0.05) is 30.3 Å². The minimum atomic E-state index is -0.389. The third-order valence-corrected chi connectivity index (χ3v) is 6.81. The van der Waals surface area contributed by atoms with Gasteiger partial charge in [0.15, 0.2) is 11.5 Å². The maximum absolute atomic E-state index is 12.5. The van der Waals surface area contributed by atoms with E-state index in [2.05, 4.69) is 20.7 Å². The number of aryl methyl sites for hydroxylation is 1. The maximum atomic E-state index is 12.5. The van der Waals surface area contributed by atoms with Crippen LogP contribution < -0.4 is 16.4 Å². The van der Waals surface area contributed by atoms with Crippen LogP contribution in [0.4, 0.5) is 5.82 Å². The first-order chi connectivity index (χ1) is 18.9. The molecule has 10 nitrogen and oxygen atoms in total. The number of anilines is 1. The van der Waals surface area contributed by atoms with Gasteiger partial charge in [-0.3, -0.25) is 18.7 Å². The van der Waals surface area contributed by atoms with Crippen LogP contribution in [0.5, 0.6) is 0 Å². The molecule has 2 aromatic carbocycles. The highest BCUT2D eigenvalue weighted by Crippen LogP contribution is 2.29. The molecule has 10 heteroatoms. The molecule has 4 N–H and O–H groups in total. The summed E-state index contributed by atoms with van der Waals surface area (Å²) in [5, 5.41) is 10.7. The Morgan fingerprint density at radius 1 is 1.08 bits per heavy atom. The lowest BCUT2D eigenvalue weighted by Crippen LogP contribution is -2.25. The zero-order valence-electron chi connectivity index (χ0n) is 21.5. The summed E-state index contributed by atoms with van der Waals surface area (Å²) in [6.45, 7) is 0.511. The molecule has 6 rings (SSSR count). The molecule has 1 aliphatic carbocycles. The Morgan fingerprint density at radius 3 is 2.62 bits per heavy atom. The van der Waals surface area contributed by atoms with Gasteiger partial charge in [0.2, 0.25) is 5.91 Å². The molecule has 0 unspecified atom stereocenters. The molecule has 0 radical (unpaired) electrons. The van der Waals surface area contributed by atoms with Crippen LogP contribution in [0.3, 0.4) is 0 Å². The number of carbonyl (C=O) groups is 2. The van der Waals surface area contributed by atoms with E-state index in [-0.39, 0.29) is 18.2 Å². The van der Waals surface area contributed by atoms with E-state index in [9.17, 15) is 9.59 Å². The molecule has 1 fully saturated rings. The second-order valence-corrected chi connectivity index (χ2v) is 9.78. The Bertz CT molecular complexity index is 1680. The highest BCUT2D eigenvalue weighted by molar-refractivity contribution is 5.95. The number of nitrogens with one attached hydrogen (secondary N) is 2. The Hall–Kier alpha value is -4.99. The van der Waals surface area contributed by atoms with Gasteiger partial charge < -0.3 is 16.4 Å². The van der Waals surface area contributed by atoms with E-state index >= 15 is 0 Å². The Kier molecular flexibility index (Phi) is 6.28. The van der Waals surface area contributed by atoms with Crippen molar-refractivity contribution in [2.75, 3.05) is 5.32 Å². The number of imidazole rings is 1. The fourth-order valence-electron chi connectivity index (χ4n) is 4.54. The molecule has 1 aliphatic rings. The summed E-state index contributed by atoms with van der Waals surface area (Å²) in [7, 11) is 1.89. The zero-order valence-corrected chi connectivity index (χ0v) is 21.5. The molecular formula is C29H28N8O2. The molecule has 3 heterocycles. The van der Waals surface area contributed by atoms with Crippen molar-refractivity contribution in [3.8, 4) is 22.5 Å². The van der Waals surface area contributed by atoms with Crippen LogP contribution in [-0.2, 0) is 24.8 Å². The second-order valence-electron chi connectivity index (χ2n) is 9.78. The van der Waals surface area contributed by atoms with E-state index in [0.29, 0.717) is 35.3 Å². The molecule has 0 bridgehead atoms. The van der Waals surface area contributed by atoms with Gasteiger partial charge in [-0.05, 0) is 42.7 Å². The predicted molar refractivity (Wildman–Crippen MR) is 148 cm³/mol. The lowest BCUT2D eigenvalue weighted by Gasteiger charge is -2.12. The summed E-state index contributed by atoms with van der Waals surface area (Å²) < 4.78 is 3.80. The highest BCUT2D eigenvalue weighted by atomic mass is 16.2. The van der Waals surface area contributed by atoms with Gasteiger partial charge >= 0.3 is 0 Å². The maximum Gasteiger partial charge on any atom is 0.251 e. The van der Waals surface area contributed by atoms with Crippen LogP contribution in [0.15, 0.2) is 73.2 Å². The summed E-state index contributed by atoms with van der Waals surface area (Å²) in [5.74, 6) is 0.173. The van der Waals surface area contributed by atoms with E-state index in [4.69, 9.17) is 10.7 Å². The third-order valence-electron chi connectivity index (χ3n) is 6.81. The van der Waals surface area contributed by atoms with Crippen molar-refractivity contribution in [1.82, 2.24) is 29.5 Å². The molecule has 1 saturated carbocycles. The predicted octanol–water partition coefficient (Wildman–Crippen LogP) is 3.33. The van der Waals surface area contributed by atoms with Crippen LogP contribution in [0.2, 0.25) is 0 Å².